The van der Waals surface area contributed by atoms with Crippen LogP contribution in [0.1, 0.15) is 58.8 Å². The topological polar surface area (TPSA) is 29.3 Å². The van der Waals surface area contributed by atoms with Gasteiger partial charge in [-0.15, -0.1) is 0 Å². The lowest BCUT2D eigenvalue weighted by molar-refractivity contribution is 0.0333. The van der Waals surface area contributed by atoms with Crippen molar-refractivity contribution >= 4 is 0 Å². The molecule has 0 radical (unpaired) electrons. The molecule has 0 aromatic heterocycles. The Kier molecular flexibility index (Phi) is 4.48. The summed E-state index contributed by atoms with van der Waals surface area (Å²) in [5, 5.41) is 0. The average molecular weight is 238 g/mol. The SMILES string of the molecule is CCCC1CCN(C(CC)(CN)C2CC2)CC1. The number of likely N-dealkylation sites (tertiary alicyclic amines) is 1. The van der Waals surface area contributed by atoms with Crippen molar-refractivity contribution in [3.8, 4) is 0 Å². The van der Waals surface area contributed by atoms with E-state index in [1.54, 1.807) is 0 Å². The van der Waals surface area contributed by atoms with Crippen LogP contribution in [0.25, 0.3) is 0 Å². The van der Waals surface area contributed by atoms with Crippen LogP contribution >= 0.6 is 0 Å². The van der Waals surface area contributed by atoms with E-state index < -0.39 is 0 Å². The zero-order valence-electron chi connectivity index (χ0n) is 11.8. The Morgan fingerprint density at radius 1 is 1.12 bits per heavy atom. The minimum Gasteiger partial charge on any atom is -0.329 e. The van der Waals surface area contributed by atoms with Crippen molar-refractivity contribution in [1.82, 2.24) is 4.90 Å². The highest BCUT2D eigenvalue weighted by Gasteiger charge is 2.47. The van der Waals surface area contributed by atoms with E-state index in [0.717, 1.165) is 18.4 Å². The van der Waals surface area contributed by atoms with Crippen molar-refractivity contribution in [2.45, 2.75) is 64.3 Å². The summed E-state index contributed by atoms with van der Waals surface area (Å²) in [6.45, 7) is 8.11. The molecule has 1 unspecified atom stereocenters. The van der Waals surface area contributed by atoms with Gasteiger partial charge in [0.15, 0.2) is 0 Å². The van der Waals surface area contributed by atoms with Crippen molar-refractivity contribution in [2.24, 2.45) is 17.6 Å². The number of nitrogens with zero attached hydrogens (tertiary/aromatic N) is 1. The lowest BCUT2D eigenvalue weighted by Crippen LogP contribution is -2.57. The molecule has 0 aromatic rings. The first kappa shape index (κ1) is 13.4. The molecule has 2 nitrogen and oxygen atoms in total. The highest BCUT2D eigenvalue weighted by molar-refractivity contribution is 5.03. The molecular formula is C15H30N2. The lowest BCUT2D eigenvalue weighted by atomic mass is 9.83. The molecular weight excluding hydrogens is 208 g/mol. The number of hydrogen-bond acceptors (Lipinski definition) is 2. The van der Waals surface area contributed by atoms with Crippen LogP contribution in [0.2, 0.25) is 0 Å². The number of rotatable bonds is 6. The Hall–Kier alpha value is -0.0800. The summed E-state index contributed by atoms with van der Waals surface area (Å²) in [4.78, 5) is 2.75. The highest BCUT2D eigenvalue weighted by Crippen LogP contribution is 2.45. The van der Waals surface area contributed by atoms with E-state index in [1.165, 1.54) is 58.0 Å². The molecule has 1 saturated heterocycles. The van der Waals surface area contributed by atoms with Gasteiger partial charge >= 0.3 is 0 Å². The standard InChI is InChI=1S/C15H30N2/c1-3-5-13-8-10-17(11-9-13)15(4-2,12-16)14-6-7-14/h13-14H,3-12,16H2,1-2H3. The van der Waals surface area contributed by atoms with Crippen molar-refractivity contribution in [3.05, 3.63) is 0 Å². The van der Waals surface area contributed by atoms with Crippen LogP contribution in [0, 0.1) is 11.8 Å². The Bertz CT molecular complexity index is 223. The summed E-state index contributed by atoms with van der Waals surface area (Å²) in [7, 11) is 0. The normalized spacial score (nSPS) is 27.0. The molecule has 100 valence electrons. The monoisotopic (exact) mass is 238 g/mol. The van der Waals surface area contributed by atoms with E-state index in [4.69, 9.17) is 5.73 Å². The summed E-state index contributed by atoms with van der Waals surface area (Å²) in [5.74, 6) is 1.89. The van der Waals surface area contributed by atoms with E-state index in [9.17, 15) is 0 Å². The summed E-state index contributed by atoms with van der Waals surface area (Å²) >= 11 is 0. The first-order valence-electron chi connectivity index (χ1n) is 7.72. The molecule has 2 rings (SSSR count). The third kappa shape index (κ3) is 2.68. The molecule has 1 saturated carbocycles. The summed E-state index contributed by atoms with van der Waals surface area (Å²) < 4.78 is 0. The largest absolute Gasteiger partial charge is 0.329 e. The fraction of sp³-hybridized carbons (Fsp3) is 1.00. The third-order valence-corrected chi connectivity index (χ3v) is 5.24. The van der Waals surface area contributed by atoms with E-state index in [0.29, 0.717) is 5.54 Å². The molecule has 2 heteroatoms. The van der Waals surface area contributed by atoms with E-state index in [2.05, 4.69) is 18.7 Å². The molecule has 0 aromatic carbocycles. The van der Waals surface area contributed by atoms with Gasteiger partial charge in [0, 0.05) is 12.1 Å². The summed E-state index contributed by atoms with van der Waals surface area (Å²) in [5.41, 5.74) is 6.50. The van der Waals surface area contributed by atoms with Crippen molar-refractivity contribution < 1.29 is 0 Å². The average Bonchev–Trinajstić information content (AvgIpc) is 3.19. The quantitative estimate of drug-likeness (QED) is 0.771. The fourth-order valence-corrected chi connectivity index (χ4v) is 3.91. The zero-order valence-corrected chi connectivity index (χ0v) is 11.8. The maximum atomic E-state index is 6.14. The second kappa shape index (κ2) is 5.71. The number of hydrogen-bond donors (Lipinski definition) is 1. The van der Waals surface area contributed by atoms with Gasteiger partial charge in [-0.3, -0.25) is 4.90 Å². The van der Waals surface area contributed by atoms with E-state index in [-0.39, 0.29) is 0 Å². The molecule has 1 aliphatic carbocycles. The number of nitrogens with two attached hydrogens (primary N) is 1. The van der Waals surface area contributed by atoms with Crippen LogP contribution in [0.4, 0.5) is 0 Å². The van der Waals surface area contributed by atoms with Gasteiger partial charge < -0.3 is 5.73 Å². The Morgan fingerprint density at radius 2 is 1.76 bits per heavy atom. The van der Waals surface area contributed by atoms with Gasteiger partial charge in [-0.1, -0.05) is 26.7 Å². The predicted molar refractivity (Wildman–Crippen MR) is 74.0 cm³/mol. The molecule has 1 aliphatic heterocycles. The fourth-order valence-electron chi connectivity index (χ4n) is 3.91. The zero-order chi connectivity index (χ0) is 12.3. The molecule has 2 aliphatic rings. The highest BCUT2D eigenvalue weighted by atomic mass is 15.2. The van der Waals surface area contributed by atoms with Gasteiger partial charge in [-0.2, -0.15) is 0 Å². The number of piperidine rings is 1. The van der Waals surface area contributed by atoms with Gasteiger partial charge in [0.05, 0.1) is 0 Å². The summed E-state index contributed by atoms with van der Waals surface area (Å²) in [6, 6.07) is 0. The first-order valence-corrected chi connectivity index (χ1v) is 7.72. The molecule has 0 spiro atoms. The minimum absolute atomic E-state index is 0.358. The van der Waals surface area contributed by atoms with Crippen LogP contribution in [-0.2, 0) is 0 Å². The van der Waals surface area contributed by atoms with E-state index in [1.807, 2.05) is 0 Å². The molecule has 2 N–H and O–H groups in total. The van der Waals surface area contributed by atoms with Crippen molar-refractivity contribution in [3.63, 3.8) is 0 Å². The Labute approximate surface area is 107 Å². The van der Waals surface area contributed by atoms with Crippen molar-refractivity contribution in [2.75, 3.05) is 19.6 Å². The van der Waals surface area contributed by atoms with Crippen LogP contribution in [-0.4, -0.2) is 30.1 Å². The van der Waals surface area contributed by atoms with E-state index >= 15 is 0 Å². The summed E-state index contributed by atoms with van der Waals surface area (Å²) in [6.07, 6.45) is 9.67. The maximum absolute atomic E-state index is 6.14. The van der Waals surface area contributed by atoms with Gasteiger partial charge in [-0.05, 0) is 57.0 Å². The van der Waals surface area contributed by atoms with Gasteiger partial charge in [0.2, 0.25) is 0 Å². The third-order valence-electron chi connectivity index (χ3n) is 5.24. The molecule has 0 amide bonds. The molecule has 17 heavy (non-hydrogen) atoms. The van der Waals surface area contributed by atoms with Crippen LogP contribution in [0.5, 0.6) is 0 Å². The van der Waals surface area contributed by atoms with Gasteiger partial charge in [0.25, 0.3) is 0 Å². The smallest absolute Gasteiger partial charge is 0.0357 e. The minimum atomic E-state index is 0.358. The second-order valence-corrected chi connectivity index (χ2v) is 6.15. The predicted octanol–water partition coefficient (Wildman–Crippen LogP) is 3.02. The Balaban J connectivity index is 1.93. The molecule has 2 fully saturated rings. The Morgan fingerprint density at radius 3 is 2.18 bits per heavy atom. The first-order chi connectivity index (χ1) is 8.26. The lowest BCUT2D eigenvalue weighted by Gasteiger charge is -2.47. The maximum Gasteiger partial charge on any atom is 0.0357 e. The van der Waals surface area contributed by atoms with Gasteiger partial charge in [0.1, 0.15) is 0 Å². The van der Waals surface area contributed by atoms with Crippen LogP contribution < -0.4 is 5.73 Å². The van der Waals surface area contributed by atoms with Crippen molar-refractivity contribution in [1.29, 1.82) is 0 Å². The molecule has 1 atom stereocenters. The van der Waals surface area contributed by atoms with Crippen LogP contribution in [0.3, 0.4) is 0 Å². The van der Waals surface area contributed by atoms with Crippen LogP contribution in [0.15, 0.2) is 0 Å². The second-order valence-electron chi connectivity index (χ2n) is 6.15. The molecule has 1 heterocycles. The molecule has 0 bridgehead atoms. The van der Waals surface area contributed by atoms with Gasteiger partial charge in [-0.25, -0.2) is 0 Å².